The molecule has 4 aliphatic rings. The summed E-state index contributed by atoms with van der Waals surface area (Å²) in [5.74, 6) is -9.84. The van der Waals surface area contributed by atoms with Crippen LogP contribution in [0.25, 0.3) is 0 Å². The fourth-order valence-electron chi connectivity index (χ4n) is 4.49. The molecular formula is C28H30O14. The standard InChI is InChI=1S/C28H30O14/c1-15(5-7-17-22(32)37-26(3,38-23(17)33)10-9-19(29)36-4)6-8-18-24(34)41-28(42-25(18)35)13-11-27(12-14-28)39-20(30)16(2)21(31)40-27/h5-8,30,32H,9-14H2,1-4H3/b7-5+,15-6+,18-8?. The van der Waals surface area contributed by atoms with Crippen molar-refractivity contribution < 1.29 is 67.3 Å². The highest BCUT2D eigenvalue weighted by Crippen LogP contribution is 2.45. The maximum Gasteiger partial charge on any atom is 0.348 e. The van der Waals surface area contributed by atoms with Crippen molar-refractivity contribution in [3.8, 4) is 0 Å². The zero-order chi connectivity index (χ0) is 30.9. The lowest BCUT2D eigenvalue weighted by Gasteiger charge is -2.46. The van der Waals surface area contributed by atoms with E-state index >= 15 is 0 Å². The highest BCUT2D eigenvalue weighted by molar-refractivity contribution is 6.15. The molecule has 1 saturated carbocycles. The number of carbonyl (C=O) groups is 5. The van der Waals surface area contributed by atoms with Crippen molar-refractivity contribution in [1.82, 2.24) is 0 Å². The van der Waals surface area contributed by atoms with Crippen LogP contribution in [0.5, 0.6) is 0 Å². The van der Waals surface area contributed by atoms with Gasteiger partial charge in [-0.15, -0.1) is 0 Å². The quantitative estimate of drug-likeness (QED) is 0.151. The van der Waals surface area contributed by atoms with Gasteiger partial charge in [-0.1, -0.05) is 17.7 Å². The van der Waals surface area contributed by atoms with Crippen molar-refractivity contribution in [2.45, 2.75) is 76.7 Å². The van der Waals surface area contributed by atoms with Crippen LogP contribution in [0, 0.1) is 0 Å². The third-order valence-electron chi connectivity index (χ3n) is 7.07. The highest BCUT2D eigenvalue weighted by atomic mass is 16.8. The number of ether oxygens (including phenoxy) is 7. The number of carbonyl (C=O) groups excluding carboxylic acids is 5. The number of aliphatic hydroxyl groups is 2. The lowest BCUT2D eigenvalue weighted by molar-refractivity contribution is -0.297. The first-order chi connectivity index (χ1) is 19.7. The summed E-state index contributed by atoms with van der Waals surface area (Å²) in [4.78, 5) is 61.3. The van der Waals surface area contributed by atoms with Gasteiger partial charge in [0.25, 0.3) is 29.3 Å². The SMILES string of the molecule is COC(=O)CCC1(C)OC(=O)C(/C=C/C(C)=C/C=C2C(=O)OC3(CCC4(CC3)OC(=O)C(C)=C(O)O4)OC2=O)=C(O)O1. The molecule has 2 N–H and O–H groups in total. The molecule has 42 heavy (non-hydrogen) atoms. The van der Waals surface area contributed by atoms with Crippen molar-refractivity contribution >= 4 is 29.8 Å². The van der Waals surface area contributed by atoms with Crippen LogP contribution < -0.4 is 0 Å². The lowest BCUT2D eigenvalue weighted by Crippen LogP contribution is -2.54. The van der Waals surface area contributed by atoms with Gasteiger partial charge in [0.2, 0.25) is 0 Å². The van der Waals surface area contributed by atoms with E-state index in [9.17, 15) is 34.2 Å². The fraction of sp³-hybridized carbons (Fsp3) is 0.464. The van der Waals surface area contributed by atoms with E-state index in [4.69, 9.17) is 28.4 Å². The zero-order valence-corrected chi connectivity index (χ0v) is 23.3. The molecule has 14 heteroatoms. The third kappa shape index (κ3) is 6.26. The van der Waals surface area contributed by atoms with Crippen molar-refractivity contribution in [3.63, 3.8) is 0 Å². The molecule has 0 aromatic carbocycles. The molecule has 2 spiro atoms. The van der Waals surface area contributed by atoms with E-state index in [0.29, 0.717) is 5.57 Å². The number of methoxy groups -OCH3 is 1. The first kappa shape index (κ1) is 30.2. The molecule has 3 aliphatic heterocycles. The van der Waals surface area contributed by atoms with E-state index in [1.807, 2.05) is 0 Å². The van der Waals surface area contributed by atoms with E-state index in [1.165, 1.54) is 45.3 Å². The molecule has 1 unspecified atom stereocenters. The molecule has 1 aliphatic carbocycles. The van der Waals surface area contributed by atoms with E-state index in [-0.39, 0.29) is 55.2 Å². The lowest BCUT2D eigenvalue weighted by atomic mass is 9.87. The topological polar surface area (TPSA) is 190 Å². The Hall–Kier alpha value is -4.75. The second-order valence-corrected chi connectivity index (χ2v) is 10.3. The minimum atomic E-state index is -1.58. The van der Waals surface area contributed by atoms with Gasteiger partial charge in [0, 0.05) is 39.0 Å². The average Bonchev–Trinajstić information content (AvgIpc) is 2.91. The van der Waals surface area contributed by atoms with Gasteiger partial charge < -0.3 is 43.4 Å². The second-order valence-electron chi connectivity index (χ2n) is 10.3. The molecule has 0 aromatic rings. The van der Waals surface area contributed by atoms with Gasteiger partial charge in [-0.3, -0.25) is 4.79 Å². The Kier molecular flexibility index (Phi) is 8.10. The largest absolute Gasteiger partial charge is 0.481 e. The molecule has 0 radical (unpaired) electrons. The molecule has 2 fully saturated rings. The number of hydrogen-bond acceptors (Lipinski definition) is 14. The summed E-state index contributed by atoms with van der Waals surface area (Å²) in [6.45, 7) is 4.34. The Bertz CT molecular complexity index is 1350. The van der Waals surface area contributed by atoms with Gasteiger partial charge in [-0.05, 0) is 26.0 Å². The Morgan fingerprint density at radius 2 is 1.43 bits per heavy atom. The molecule has 1 saturated heterocycles. The van der Waals surface area contributed by atoms with Crippen LogP contribution in [0.15, 0.2) is 58.5 Å². The van der Waals surface area contributed by atoms with Gasteiger partial charge in [0.1, 0.15) is 16.7 Å². The number of hydrogen-bond donors (Lipinski definition) is 2. The van der Waals surface area contributed by atoms with Crippen LogP contribution in [0.2, 0.25) is 0 Å². The van der Waals surface area contributed by atoms with Crippen molar-refractivity contribution in [3.05, 3.63) is 58.5 Å². The van der Waals surface area contributed by atoms with E-state index in [1.54, 1.807) is 6.92 Å². The molecule has 0 aromatic heterocycles. The molecule has 0 bridgehead atoms. The molecular weight excluding hydrogens is 560 g/mol. The zero-order valence-electron chi connectivity index (χ0n) is 23.3. The molecule has 1 atom stereocenters. The Labute approximate surface area is 239 Å². The van der Waals surface area contributed by atoms with Crippen molar-refractivity contribution in [1.29, 1.82) is 0 Å². The van der Waals surface area contributed by atoms with Gasteiger partial charge in [-0.2, -0.15) is 0 Å². The van der Waals surface area contributed by atoms with Gasteiger partial charge in [0.15, 0.2) is 0 Å². The summed E-state index contributed by atoms with van der Waals surface area (Å²) in [5, 5.41) is 20.1. The van der Waals surface area contributed by atoms with Gasteiger partial charge in [-0.25, -0.2) is 19.2 Å². The summed E-state index contributed by atoms with van der Waals surface area (Å²) in [6, 6.07) is 0. The van der Waals surface area contributed by atoms with E-state index < -0.39 is 59.1 Å². The summed E-state index contributed by atoms with van der Waals surface area (Å²) in [7, 11) is 1.21. The molecule has 4 rings (SSSR count). The first-order valence-corrected chi connectivity index (χ1v) is 13.0. The predicted octanol–water partition coefficient (Wildman–Crippen LogP) is 2.86. The number of cyclic esters (lactones) is 1. The van der Waals surface area contributed by atoms with Crippen LogP contribution in [0.4, 0.5) is 0 Å². The van der Waals surface area contributed by atoms with Crippen molar-refractivity contribution in [2.75, 3.05) is 7.11 Å². The number of allylic oxidation sites excluding steroid dienone is 4. The van der Waals surface area contributed by atoms with E-state index in [0.717, 1.165) is 0 Å². The maximum atomic E-state index is 12.7. The van der Waals surface area contributed by atoms with Gasteiger partial charge in [0.05, 0.1) is 13.5 Å². The molecule has 3 heterocycles. The number of aliphatic hydroxyl groups excluding tert-OH is 2. The molecule has 226 valence electrons. The fourth-order valence-corrected chi connectivity index (χ4v) is 4.49. The third-order valence-corrected chi connectivity index (χ3v) is 7.07. The number of esters is 5. The smallest absolute Gasteiger partial charge is 0.348 e. The summed E-state index contributed by atoms with van der Waals surface area (Å²) in [5.41, 5.74) is -0.282. The maximum absolute atomic E-state index is 12.7. The second kappa shape index (κ2) is 11.3. The molecule has 14 nitrogen and oxygen atoms in total. The van der Waals surface area contributed by atoms with Crippen LogP contribution >= 0.6 is 0 Å². The summed E-state index contributed by atoms with van der Waals surface area (Å²) < 4.78 is 36.8. The first-order valence-electron chi connectivity index (χ1n) is 13.0. The van der Waals surface area contributed by atoms with Crippen molar-refractivity contribution in [2.24, 2.45) is 0 Å². The minimum Gasteiger partial charge on any atom is -0.481 e. The number of rotatable bonds is 6. The highest BCUT2D eigenvalue weighted by Gasteiger charge is 2.55. The minimum absolute atomic E-state index is 0.00122. The van der Waals surface area contributed by atoms with Crippen LogP contribution in [-0.4, -0.2) is 64.5 Å². The monoisotopic (exact) mass is 590 g/mol. The Morgan fingerprint density at radius 3 is 1.98 bits per heavy atom. The molecule has 0 amide bonds. The van der Waals surface area contributed by atoms with Crippen LogP contribution in [-0.2, 0) is 57.1 Å². The summed E-state index contributed by atoms with van der Waals surface area (Å²) in [6.07, 6.45) is 4.99. The Balaban J connectivity index is 1.38. The van der Waals surface area contributed by atoms with E-state index in [2.05, 4.69) is 4.74 Å². The van der Waals surface area contributed by atoms with Crippen LogP contribution in [0.1, 0.15) is 59.3 Å². The van der Waals surface area contributed by atoms with Gasteiger partial charge >= 0.3 is 29.8 Å². The summed E-state index contributed by atoms with van der Waals surface area (Å²) >= 11 is 0. The normalized spacial score (nSPS) is 30.0. The average molecular weight is 591 g/mol. The Morgan fingerprint density at radius 1 is 0.857 bits per heavy atom. The van der Waals surface area contributed by atoms with Crippen LogP contribution in [0.3, 0.4) is 0 Å². The predicted molar refractivity (Wildman–Crippen MR) is 136 cm³/mol.